The first-order chi connectivity index (χ1) is 15.2. The molecule has 0 bridgehead atoms. The van der Waals surface area contributed by atoms with Gasteiger partial charge in [0.25, 0.3) is 0 Å². The summed E-state index contributed by atoms with van der Waals surface area (Å²) in [6, 6.07) is 15.0. The number of nitrogens with zero attached hydrogens (tertiary/aromatic N) is 5. The minimum Gasteiger partial charge on any atom is -0.497 e. The summed E-state index contributed by atoms with van der Waals surface area (Å²) in [5.41, 5.74) is 2.41. The van der Waals surface area contributed by atoms with Gasteiger partial charge in [0.15, 0.2) is 0 Å². The predicted molar refractivity (Wildman–Crippen MR) is 111 cm³/mol. The summed E-state index contributed by atoms with van der Waals surface area (Å²) >= 11 is 0. The van der Waals surface area contributed by atoms with Crippen molar-refractivity contribution in [2.75, 3.05) is 13.7 Å². The SMILES string of the molecule is CCOCn1nnc(-c2ccc(F)cc2)c1-c1ccnc(Oc2ccc(OC)cc2)n1. The van der Waals surface area contributed by atoms with Gasteiger partial charge >= 0.3 is 6.01 Å². The number of methoxy groups -OCH3 is 1. The van der Waals surface area contributed by atoms with Crippen LogP contribution in [0, 0.1) is 5.82 Å². The Hall–Kier alpha value is -3.85. The van der Waals surface area contributed by atoms with Gasteiger partial charge in [-0.2, -0.15) is 4.98 Å². The molecule has 8 nitrogen and oxygen atoms in total. The van der Waals surface area contributed by atoms with Crippen LogP contribution in [-0.2, 0) is 11.5 Å². The zero-order chi connectivity index (χ0) is 21.6. The van der Waals surface area contributed by atoms with E-state index in [0.29, 0.717) is 35.0 Å². The van der Waals surface area contributed by atoms with Gasteiger partial charge in [-0.05, 0) is 61.5 Å². The standard InChI is InChI=1S/C22H20FN5O3/c1-3-30-14-28-21(20(26-27-28)15-4-6-16(23)7-5-15)19-12-13-24-22(25-19)31-18-10-8-17(29-2)9-11-18/h4-13H,3,14H2,1-2H3. The average molecular weight is 421 g/mol. The lowest BCUT2D eigenvalue weighted by atomic mass is 10.1. The minimum absolute atomic E-state index is 0.164. The molecule has 2 aromatic carbocycles. The van der Waals surface area contributed by atoms with E-state index in [4.69, 9.17) is 14.2 Å². The molecule has 0 aliphatic carbocycles. The van der Waals surface area contributed by atoms with Gasteiger partial charge in [-0.25, -0.2) is 14.1 Å². The van der Waals surface area contributed by atoms with Crippen molar-refractivity contribution in [1.29, 1.82) is 0 Å². The number of rotatable bonds is 8. The Kier molecular flexibility index (Phi) is 6.13. The monoisotopic (exact) mass is 421 g/mol. The zero-order valence-electron chi connectivity index (χ0n) is 17.0. The molecule has 31 heavy (non-hydrogen) atoms. The van der Waals surface area contributed by atoms with Crippen LogP contribution in [0.2, 0.25) is 0 Å². The molecule has 0 atom stereocenters. The highest BCUT2D eigenvalue weighted by Gasteiger charge is 2.19. The van der Waals surface area contributed by atoms with E-state index in [0.717, 1.165) is 5.75 Å². The molecule has 0 spiro atoms. The number of hydrogen-bond acceptors (Lipinski definition) is 7. The molecule has 2 aromatic heterocycles. The van der Waals surface area contributed by atoms with Crippen molar-refractivity contribution >= 4 is 0 Å². The fourth-order valence-electron chi connectivity index (χ4n) is 2.91. The molecule has 0 unspecified atom stereocenters. The van der Waals surface area contributed by atoms with Crippen LogP contribution >= 0.6 is 0 Å². The van der Waals surface area contributed by atoms with E-state index in [9.17, 15) is 4.39 Å². The van der Waals surface area contributed by atoms with Gasteiger partial charge in [0.2, 0.25) is 0 Å². The largest absolute Gasteiger partial charge is 0.497 e. The predicted octanol–water partition coefficient (Wildman–Crippen LogP) is 4.34. The summed E-state index contributed by atoms with van der Waals surface area (Å²) in [7, 11) is 1.60. The minimum atomic E-state index is -0.329. The van der Waals surface area contributed by atoms with Crippen molar-refractivity contribution in [3.8, 4) is 40.2 Å². The summed E-state index contributed by atoms with van der Waals surface area (Å²) in [6.07, 6.45) is 1.59. The lowest BCUT2D eigenvalue weighted by Gasteiger charge is -2.09. The summed E-state index contributed by atoms with van der Waals surface area (Å²) < 4.78 is 31.5. The Bertz CT molecular complexity index is 1150. The van der Waals surface area contributed by atoms with Crippen molar-refractivity contribution in [2.24, 2.45) is 0 Å². The van der Waals surface area contributed by atoms with E-state index in [1.807, 2.05) is 6.92 Å². The first-order valence-corrected chi connectivity index (χ1v) is 9.60. The summed E-state index contributed by atoms with van der Waals surface area (Å²) in [5, 5.41) is 8.47. The van der Waals surface area contributed by atoms with Crippen molar-refractivity contribution in [1.82, 2.24) is 25.0 Å². The van der Waals surface area contributed by atoms with Crippen molar-refractivity contribution in [3.05, 3.63) is 66.6 Å². The second-order valence-electron chi connectivity index (χ2n) is 6.42. The molecule has 0 fully saturated rings. The van der Waals surface area contributed by atoms with Gasteiger partial charge in [0.05, 0.1) is 12.8 Å². The van der Waals surface area contributed by atoms with Crippen LogP contribution in [0.15, 0.2) is 60.8 Å². The molecule has 158 valence electrons. The Morgan fingerprint density at radius 1 is 0.968 bits per heavy atom. The fourth-order valence-corrected chi connectivity index (χ4v) is 2.91. The second kappa shape index (κ2) is 9.31. The average Bonchev–Trinajstić information content (AvgIpc) is 3.23. The van der Waals surface area contributed by atoms with Crippen LogP contribution in [-0.4, -0.2) is 38.7 Å². The molecular weight excluding hydrogens is 401 g/mol. The molecule has 0 saturated heterocycles. The second-order valence-corrected chi connectivity index (χ2v) is 6.42. The third-order valence-corrected chi connectivity index (χ3v) is 4.42. The maximum atomic E-state index is 13.4. The summed E-state index contributed by atoms with van der Waals surface area (Å²) in [6.45, 7) is 2.60. The normalized spacial score (nSPS) is 10.8. The van der Waals surface area contributed by atoms with Crippen molar-refractivity contribution in [3.63, 3.8) is 0 Å². The lowest BCUT2D eigenvalue weighted by molar-refractivity contribution is 0.0790. The van der Waals surface area contributed by atoms with Crippen LogP contribution in [0.4, 0.5) is 4.39 Å². The fraction of sp³-hybridized carbons (Fsp3) is 0.182. The lowest BCUT2D eigenvalue weighted by Crippen LogP contribution is -2.07. The van der Waals surface area contributed by atoms with Crippen LogP contribution in [0.5, 0.6) is 17.5 Å². The zero-order valence-corrected chi connectivity index (χ0v) is 17.0. The number of hydrogen-bond donors (Lipinski definition) is 0. The first-order valence-electron chi connectivity index (χ1n) is 9.60. The van der Waals surface area contributed by atoms with Crippen LogP contribution in [0.1, 0.15) is 6.92 Å². The van der Waals surface area contributed by atoms with Gasteiger partial charge in [0.1, 0.15) is 35.4 Å². The van der Waals surface area contributed by atoms with E-state index in [-0.39, 0.29) is 18.6 Å². The van der Waals surface area contributed by atoms with Gasteiger partial charge < -0.3 is 14.2 Å². The third kappa shape index (κ3) is 4.67. The highest BCUT2D eigenvalue weighted by molar-refractivity contribution is 5.76. The Morgan fingerprint density at radius 3 is 2.42 bits per heavy atom. The molecule has 0 N–H and O–H groups in total. The Labute approximate surface area is 178 Å². The Morgan fingerprint density at radius 2 is 1.71 bits per heavy atom. The van der Waals surface area contributed by atoms with E-state index in [2.05, 4.69) is 20.3 Å². The van der Waals surface area contributed by atoms with E-state index < -0.39 is 0 Å². The molecule has 0 aliphatic rings. The third-order valence-electron chi connectivity index (χ3n) is 4.42. The van der Waals surface area contributed by atoms with Gasteiger partial charge in [-0.1, -0.05) is 5.21 Å². The number of benzene rings is 2. The molecule has 0 amide bonds. The molecular formula is C22H20FN5O3. The highest BCUT2D eigenvalue weighted by Crippen LogP contribution is 2.30. The van der Waals surface area contributed by atoms with Crippen LogP contribution in [0.3, 0.4) is 0 Å². The number of aromatic nitrogens is 5. The van der Waals surface area contributed by atoms with Gasteiger partial charge in [0, 0.05) is 18.4 Å². The van der Waals surface area contributed by atoms with Gasteiger partial charge in [-0.3, -0.25) is 0 Å². The molecule has 4 rings (SSSR count). The molecule has 4 aromatic rings. The smallest absolute Gasteiger partial charge is 0.322 e. The van der Waals surface area contributed by atoms with E-state index in [1.165, 1.54) is 12.1 Å². The molecule has 0 radical (unpaired) electrons. The van der Waals surface area contributed by atoms with E-state index in [1.54, 1.807) is 60.5 Å². The van der Waals surface area contributed by atoms with Crippen LogP contribution in [0.25, 0.3) is 22.6 Å². The van der Waals surface area contributed by atoms with Crippen molar-refractivity contribution < 1.29 is 18.6 Å². The maximum absolute atomic E-state index is 13.4. The highest BCUT2D eigenvalue weighted by atomic mass is 19.1. The molecule has 2 heterocycles. The topological polar surface area (TPSA) is 84.2 Å². The van der Waals surface area contributed by atoms with Crippen LogP contribution < -0.4 is 9.47 Å². The molecule has 0 aliphatic heterocycles. The number of halogens is 1. The number of ether oxygens (including phenoxy) is 3. The first kappa shape index (κ1) is 20.4. The summed E-state index contributed by atoms with van der Waals surface area (Å²) in [4.78, 5) is 8.73. The van der Waals surface area contributed by atoms with E-state index >= 15 is 0 Å². The van der Waals surface area contributed by atoms with Gasteiger partial charge in [-0.15, -0.1) is 5.10 Å². The molecule has 0 saturated carbocycles. The maximum Gasteiger partial charge on any atom is 0.322 e. The van der Waals surface area contributed by atoms with Crippen molar-refractivity contribution in [2.45, 2.75) is 13.7 Å². The Balaban J connectivity index is 1.71. The molecule has 9 heteroatoms. The summed E-state index contributed by atoms with van der Waals surface area (Å²) in [5.74, 6) is 0.957. The quantitative estimate of drug-likeness (QED) is 0.418.